The van der Waals surface area contributed by atoms with Crippen molar-refractivity contribution in [3.63, 3.8) is 0 Å². The molecule has 0 unspecified atom stereocenters. The Labute approximate surface area is 104 Å². The van der Waals surface area contributed by atoms with Crippen molar-refractivity contribution in [2.24, 2.45) is 0 Å². The van der Waals surface area contributed by atoms with Crippen LogP contribution >= 0.6 is 0 Å². The lowest BCUT2D eigenvalue weighted by Crippen LogP contribution is -2.07. The molecule has 0 aliphatic heterocycles. The van der Waals surface area contributed by atoms with E-state index in [9.17, 15) is 4.79 Å². The lowest BCUT2D eigenvalue weighted by molar-refractivity contribution is 0.0691. The Morgan fingerprint density at radius 3 is 2.78 bits per heavy atom. The minimum Gasteiger partial charge on any atom is -0.477 e. The zero-order chi connectivity index (χ0) is 12.5. The van der Waals surface area contributed by atoms with Gasteiger partial charge in [-0.1, -0.05) is 19.3 Å². The van der Waals surface area contributed by atoms with Crippen molar-refractivity contribution in [1.29, 1.82) is 0 Å². The number of carbonyl (C=O) groups is 1. The minimum atomic E-state index is -0.956. The first kappa shape index (κ1) is 11.2. The molecule has 94 valence electrons. The molecule has 0 saturated heterocycles. The molecule has 0 bridgehead atoms. The molecule has 2 N–H and O–H groups in total. The van der Waals surface area contributed by atoms with E-state index in [-0.39, 0.29) is 5.69 Å². The summed E-state index contributed by atoms with van der Waals surface area (Å²) in [6, 6.07) is 1.65. The van der Waals surface area contributed by atoms with Crippen LogP contribution in [0.5, 0.6) is 0 Å². The third kappa shape index (κ3) is 1.85. The van der Waals surface area contributed by atoms with Crippen molar-refractivity contribution >= 4 is 17.0 Å². The summed E-state index contributed by atoms with van der Waals surface area (Å²) in [5, 5.41) is 9.87. The SMILES string of the molecule is O=C(O)c1cc2c(C3CCCCC3)ncnc2[nH]1. The van der Waals surface area contributed by atoms with Crippen molar-refractivity contribution in [1.82, 2.24) is 15.0 Å². The zero-order valence-corrected chi connectivity index (χ0v) is 10.0. The van der Waals surface area contributed by atoms with Crippen LogP contribution in [0.1, 0.15) is 54.2 Å². The van der Waals surface area contributed by atoms with Crippen LogP contribution in [0.3, 0.4) is 0 Å². The first-order valence-electron chi connectivity index (χ1n) is 6.32. The fraction of sp³-hybridized carbons (Fsp3) is 0.462. The van der Waals surface area contributed by atoms with E-state index in [1.807, 2.05) is 0 Å². The Bertz CT molecular complexity index is 585. The number of rotatable bonds is 2. The number of aromatic carboxylic acids is 1. The highest BCUT2D eigenvalue weighted by Crippen LogP contribution is 2.34. The van der Waals surface area contributed by atoms with Crippen molar-refractivity contribution in [2.45, 2.75) is 38.0 Å². The summed E-state index contributed by atoms with van der Waals surface area (Å²) in [7, 11) is 0. The molecule has 1 aliphatic rings. The average Bonchev–Trinajstić information content (AvgIpc) is 2.83. The van der Waals surface area contributed by atoms with Gasteiger partial charge >= 0.3 is 5.97 Å². The van der Waals surface area contributed by atoms with Gasteiger partial charge < -0.3 is 10.1 Å². The van der Waals surface area contributed by atoms with E-state index in [2.05, 4.69) is 15.0 Å². The summed E-state index contributed by atoms with van der Waals surface area (Å²) in [6.45, 7) is 0. The molecule has 1 fully saturated rings. The second-order valence-electron chi connectivity index (χ2n) is 4.84. The maximum atomic E-state index is 11.0. The van der Waals surface area contributed by atoms with Crippen molar-refractivity contribution in [2.75, 3.05) is 0 Å². The number of nitrogens with one attached hydrogen (secondary N) is 1. The molecule has 0 spiro atoms. The van der Waals surface area contributed by atoms with Gasteiger partial charge in [0.05, 0.1) is 5.69 Å². The first-order chi connectivity index (χ1) is 8.75. The van der Waals surface area contributed by atoms with Crippen LogP contribution in [-0.2, 0) is 0 Å². The molecule has 5 nitrogen and oxygen atoms in total. The number of H-pyrrole nitrogens is 1. The van der Waals surface area contributed by atoms with E-state index in [1.54, 1.807) is 6.07 Å². The average molecular weight is 245 g/mol. The summed E-state index contributed by atoms with van der Waals surface area (Å²) >= 11 is 0. The van der Waals surface area contributed by atoms with E-state index in [0.717, 1.165) is 23.9 Å². The summed E-state index contributed by atoms with van der Waals surface area (Å²) in [5.41, 5.74) is 1.81. The standard InChI is InChI=1S/C13H15N3O2/c17-13(18)10-6-9-11(8-4-2-1-3-5-8)14-7-15-12(9)16-10/h6-8H,1-5H2,(H,17,18)(H,14,15,16). The monoisotopic (exact) mass is 245 g/mol. The van der Waals surface area contributed by atoms with Gasteiger partial charge in [0.1, 0.15) is 17.7 Å². The number of carboxylic acid groups (broad SMARTS) is 1. The Balaban J connectivity index is 2.07. The molecule has 1 saturated carbocycles. The molecular weight excluding hydrogens is 230 g/mol. The van der Waals surface area contributed by atoms with Crippen LogP contribution in [0.25, 0.3) is 11.0 Å². The Morgan fingerprint density at radius 2 is 2.06 bits per heavy atom. The van der Waals surface area contributed by atoms with E-state index in [0.29, 0.717) is 11.6 Å². The smallest absolute Gasteiger partial charge is 0.352 e. The number of aromatic nitrogens is 3. The number of aromatic amines is 1. The van der Waals surface area contributed by atoms with Crippen LogP contribution in [0.15, 0.2) is 12.4 Å². The molecule has 0 amide bonds. The van der Waals surface area contributed by atoms with E-state index < -0.39 is 5.97 Å². The van der Waals surface area contributed by atoms with Crippen molar-refractivity contribution < 1.29 is 9.90 Å². The number of hydrogen-bond acceptors (Lipinski definition) is 3. The third-order valence-corrected chi connectivity index (χ3v) is 3.68. The van der Waals surface area contributed by atoms with E-state index in [1.165, 1.54) is 25.6 Å². The van der Waals surface area contributed by atoms with Gasteiger partial charge in [-0.25, -0.2) is 14.8 Å². The lowest BCUT2D eigenvalue weighted by Gasteiger charge is -2.21. The summed E-state index contributed by atoms with van der Waals surface area (Å²) in [4.78, 5) is 22.3. The second-order valence-corrected chi connectivity index (χ2v) is 4.84. The highest BCUT2D eigenvalue weighted by atomic mass is 16.4. The fourth-order valence-corrected chi connectivity index (χ4v) is 2.78. The number of hydrogen-bond donors (Lipinski definition) is 2. The number of nitrogens with zero attached hydrogens (tertiary/aromatic N) is 2. The number of carboxylic acids is 1. The first-order valence-corrected chi connectivity index (χ1v) is 6.32. The quantitative estimate of drug-likeness (QED) is 0.852. The van der Waals surface area contributed by atoms with Crippen molar-refractivity contribution in [3.05, 3.63) is 23.8 Å². The van der Waals surface area contributed by atoms with Crippen LogP contribution < -0.4 is 0 Å². The molecule has 2 aromatic rings. The van der Waals surface area contributed by atoms with Gasteiger partial charge in [-0.05, 0) is 18.9 Å². The Hall–Kier alpha value is -1.91. The largest absolute Gasteiger partial charge is 0.477 e. The third-order valence-electron chi connectivity index (χ3n) is 3.68. The molecule has 0 aromatic carbocycles. The van der Waals surface area contributed by atoms with Crippen LogP contribution in [-0.4, -0.2) is 26.0 Å². The van der Waals surface area contributed by atoms with Crippen LogP contribution in [0.4, 0.5) is 0 Å². The maximum absolute atomic E-state index is 11.0. The molecule has 2 aromatic heterocycles. The highest BCUT2D eigenvalue weighted by molar-refractivity contribution is 5.93. The minimum absolute atomic E-state index is 0.183. The van der Waals surface area contributed by atoms with Crippen molar-refractivity contribution in [3.8, 4) is 0 Å². The van der Waals surface area contributed by atoms with Gasteiger partial charge in [-0.3, -0.25) is 0 Å². The Kier molecular flexibility index (Phi) is 2.74. The molecule has 18 heavy (non-hydrogen) atoms. The number of fused-ring (bicyclic) bond motifs is 1. The summed E-state index contributed by atoms with van der Waals surface area (Å²) in [5.74, 6) is -0.510. The fourth-order valence-electron chi connectivity index (χ4n) is 2.78. The lowest BCUT2D eigenvalue weighted by atomic mass is 9.86. The molecule has 0 radical (unpaired) electrons. The molecule has 2 heterocycles. The van der Waals surface area contributed by atoms with Gasteiger partial charge in [0.25, 0.3) is 0 Å². The van der Waals surface area contributed by atoms with E-state index >= 15 is 0 Å². The van der Waals surface area contributed by atoms with Crippen LogP contribution in [0, 0.1) is 0 Å². The van der Waals surface area contributed by atoms with Crippen LogP contribution in [0.2, 0.25) is 0 Å². The van der Waals surface area contributed by atoms with E-state index in [4.69, 9.17) is 5.11 Å². The van der Waals surface area contributed by atoms with Gasteiger partial charge in [-0.2, -0.15) is 0 Å². The maximum Gasteiger partial charge on any atom is 0.352 e. The molecule has 0 atom stereocenters. The van der Waals surface area contributed by atoms with Gasteiger partial charge in [0.15, 0.2) is 0 Å². The molecule has 5 heteroatoms. The predicted octanol–water partition coefficient (Wildman–Crippen LogP) is 2.70. The zero-order valence-electron chi connectivity index (χ0n) is 10.0. The predicted molar refractivity (Wildman–Crippen MR) is 66.7 cm³/mol. The van der Waals surface area contributed by atoms with Gasteiger partial charge in [0.2, 0.25) is 0 Å². The van der Waals surface area contributed by atoms with Gasteiger partial charge in [-0.15, -0.1) is 0 Å². The summed E-state index contributed by atoms with van der Waals surface area (Å²) in [6.07, 6.45) is 7.55. The summed E-state index contributed by atoms with van der Waals surface area (Å²) < 4.78 is 0. The second kappa shape index (κ2) is 4.40. The normalized spacial score (nSPS) is 17.1. The molecular formula is C13H15N3O2. The molecule has 3 rings (SSSR count). The topological polar surface area (TPSA) is 78.9 Å². The molecule has 1 aliphatic carbocycles. The highest BCUT2D eigenvalue weighted by Gasteiger charge is 2.21. The Morgan fingerprint density at radius 1 is 1.28 bits per heavy atom. The van der Waals surface area contributed by atoms with Gasteiger partial charge in [0, 0.05) is 11.3 Å².